The molecule has 2 N–H and O–H groups in total. The van der Waals surface area contributed by atoms with Gasteiger partial charge in [0, 0.05) is 23.0 Å². The predicted octanol–water partition coefficient (Wildman–Crippen LogP) is 3.28. The number of aliphatic hydroxyl groups is 2. The second-order valence-electron chi connectivity index (χ2n) is 8.69. The topological polar surface area (TPSA) is 102 Å². The molecule has 0 aromatic carbocycles. The summed E-state index contributed by atoms with van der Waals surface area (Å²) in [6.45, 7) is 8.42. The molecule has 1 aliphatic carbocycles. The smallest absolute Gasteiger partial charge is 0.337 e. The van der Waals surface area contributed by atoms with Gasteiger partial charge in [-0.1, -0.05) is 31.5 Å². The molecule has 0 aromatic heterocycles. The SMILES string of the molecule is COC(=O)C1=C([C@H](C)[C@@H](C)O)O[C@]2(C)C(=O)C(Cl)=C3C=C(/C=C/[C@@H](C)[C@@H](C)O)OC=C3C12. The Bertz CT molecular complexity index is 982. The minimum atomic E-state index is -1.47. The number of hydrogen-bond donors (Lipinski definition) is 2. The molecular formula is C24H29ClO7. The van der Waals surface area contributed by atoms with E-state index < -0.39 is 41.4 Å². The number of esters is 1. The minimum absolute atomic E-state index is 0.0251. The third-order valence-electron chi connectivity index (χ3n) is 6.41. The van der Waals surface area contributed by atoms with Crippen molar-refractivity contribution >= 4 is 23.4 Å². The molecule has 0 saturated heterocycles. The fourth-order valence-electron chi connectivity index (χ4n) is 3.98. The minimum Gasteiger partial charge on any atom is -0.482 e. The normalized spacial score (nSPS) is 28.8. The summed E-state index contributed by atoms with van der Waals surface area (Å²) < 4.78 is 16.8. The summed E-state index contributed by atoms with van der Waals surface area (Å²) in [6, 6.07) is 0. The van der Waals surface area contributed by atoms with E-state index in [9.17, 15) is 19.8 Å². The number of carbonyl (C=O) groups is 2. The van der Waals surface area contributed by atoms with Gasteiger partial charge in [0.05, 0.1) is 42.1 Å². The Morgan fingerprint density at radius 1 is 1.25 bits per heavy atom. The van der Waals surface area contributed by atoms with E-state index in [0.717, 1.165) is 0 Å². The van der Waals surface area contributed by atoms with Gasteiger partial charge in [-0.3, -0.25) is 4.79 Å². The Morgan fingerprint density at radius 3 is 2.47 bits per heavy atom. The van der Waals surface area contributed by atoms with Crippen LogP contribution < -0.4 is 0 Å². The maximum Gasteiger partial charge on any atom is 0.337 e. The molecule has 174 valence electrons. The number of aliphatic hydroxyl groups excluding tert-OH is 2. The second-order valence-corrected chi connectivity index (χ2v) is 9.07. The number of carbonyl (C=O) groups excluding carboxylic acids is 2. The van der Waals surface area contributed by atoms with Crippen molar-refractivity contribution in [3.05, 3.63) is 57.8 Å². The summed E-state index contributed by atoms with van der Waals surface area (Å²) in [4.78, 5) is 26.1. The van der Waals surface area contributed by atoms with Crippen LogP contribution in [0.2, 0.25) is 0 Å². The van der Waals surface area contributed by atoms with E-state index in [1.165, 1.54) is 13.4 Å². The fraction of sp³-hybridized carbons (Fsp3) is 0.500. The van der Waals surface area contributed by atoms with Crippen LogP contribution in [0.15, 0.2) is 57.8 Å². The Labute approximate surface area is 192 Å². The van der Waals surface area contributed by atoms with Gasteiger partial charge < -0.3 is 24.4 Å². The van der Waals surface area contributed by atoms with Crippen LogP contribution in [0, 0.1) is 17.8 Å². The average molecular weight is 465 g/mol. The molecule has 2 heterocycles. The van der Waals surface area contributed by atoms with Crippen molar-refractivity contribution in [2.24, 2.45) is 17.8 Å². The van der Waals surface area contributed by atoms with Crippen LogP contribution in [0.3, 0.4) is 0 Å². The zero-order chi connectivity index (χ0) is 24.0. The zero-order valence-corrected chi connectivity index (χ0v) is 19.8. The van der Waals surface area contributed by atoms with Gasteiger partial charge in [0.1, 0.15) is 11.5 Å². The first kappa shape index (κ1) is 24.3. The molecule has 32 heavy (non-hydrogen) atoms. The predicted molar refractivity (Wildman–Crippen MR) is 118 cm³/mol. The average Bonchev–Trinajstić information content (AvgIpc) is 3.08. The monoisotopic (exact) mass is 464 g/mol. The second kappa shape index (κ2) is 8.89. The van der Waals surface area contributed by atoms with E-state index in [2.05, 4.69) is 0 Å². The van der Waals surface area contributed by atoms with E-state index in [1.54, 1.807) is 45.9 Å². The number of fused-ring (bicyclic) bond motifs is 3. The number of rotatable bonds is 6. The number of hydrogen-bond acceptors (Lipinski definition) is 7. The van der Waals surface area contributed by atoms with Crippen LogP contribution in [0.1, 0.15) is 34.6 Å². The molecule has 8 heteroatoms. The van der Waals surface area contributed by atoms with Gasteiger partial charge in [0.2, 0.25) is 5.78 Å². The molecule has 7 nitrogen and oxygen atoms in total. The van der Waals surface area contributed by atoms with E-state index in [1.807, 2.05) is 6.92 Å². The maximum atomic E-state index is 13.3. The lowest BCUT2D eigenvalue weighted by atomic mass is 9.70. The summed E-state index contributed by atoms with van der Waals surface area (Å²) in [5, 5.41) is 19.8. The highest BCUT2D eigenvalue weighted by Gasteiger charge is 2.60. The summed E-state index contributed by atoms with van der Waals surface area (Å²) in [6.07, 6.45) is 5.23. The van der Waals surface area contributed by atoms with Crippen LogP contribution in [0.5, 0.6) is 0 Å². The van der Waals surface area contributed by atoms with Gasteiger partial charge in [-0.25, -0.2) is 4.79 Å². The van der Waals surface area contributed by atoms with E-state index in [4.69, 9.17) is 25.8 Å². The van der Waals surface area contributed by atoms with Gasteiger partial charge in [-0.15, -0.1) is 0 Å². The van der Waals surface area contributed by atoms with Crippen molar-refractivity contribution in [3.8, 4) is 0 Å². The van der Waals surface area contributed by atoms with Gasteiger partial charge in [0.15, 0.2) is 5.60 Å². The Hall–Kier alpha value is -2.35. The molecule has 0 saturated carbocycles. The molecule has 0 fully saturated rings. The Morgan fingerprint density at radius 2 is 1.91 bits per heavy atom. The Kier molecular flexibility index (Phi) is 6.75. The van der Waals surface area contributed by atoms with Crippen molar-refractivity contribution in [3.63, 3.8) is 0 Å². The van der Waals surface area contributed by atoms with Crippen LogP contribution in [0.25, 0.3) is 0 Å². The van der Waals surface area contributed by atoms with Gasteiger partial charge in [0.25, 0.3) is 0 Å². The van der Waals surface area contributed by atoms with Crippen LogP contribution in [0.4, 0.5) is 0 Å². The number of Topliss-reactive ketones (excluding diaryl/α,β-unsaturated/α-hetero) is 1. The summed E-state index contributed by atoms with van der Waals surface area (Å²) in [5.41, 5.74) is -0.347. The number of ketones is 1. The third-order valence-corrected chi connectivity index (χ3v) is 6.79. The van der Waals surface area contributed by atoms with Crippen molar-refractivity contribution in [1.82, 2.24) is 0 Å². The summed E-state index contributed by atoms with van der Waals surface area (Å²) in [5.74, 6) is -1.94. The summed E-state index contributed by atoms with van der Waals surface area (Å²) >= 11 is 6.49. The number of methoxy groups -OCH3 is 1. The highest BCUT2D eigenvalue weighted by molar-refractivity contribution is 6.45. The van der Waals surface area contributed by atoms with Gasteiger partial charge in [-0.2, -0.15) is 0 Å². The van der Waals surface area contributed by atoms with Crippen LogP contribution >= 0.6 is 11.6 Å². The molecule has 0 bridgehead atoms. The van der Waals surface area contributed by atoms with E-state index in [0.29, 0.717) is 16.9 Å². The molecule has 0 aromatic rings. The lowest BCUT2D eigenvalue weighted by Crippen LogP contribution is -2.47. The molecule has 6 atom stereocenters. The Balaban J connectivity index is 2.11. The molecule has 0 radical (unpaired) electrons. The van der Waals surface area contributed by atoms with Crippen LogP contribution in [-0.2, 0) is 23.8 Å². The quantitative estimate of drug-likeness (QED) is 0.581. The first-order valence-corrected chi connectivity index (χ1v) is 10.9. The molecule has 1 unspecified atom stereocenters. The molecule has 0 amide bonds. The molecule has 2 aliphatic heterocycles. The number of allylic oxidation sites excluding steroid dienone is 3. The largest absolute Gasteiger partial charge is 0.482 e. The van der Waals surface area contributed by atoms with Gasteiger partial charge >= 0.3 is 5.97 Å². The molecule has 3 aliphatic rings. The zero-order valence-electron chi connectivity index (χ0n) is 19.0. The standard InChI is InChI=1S/C24H29ClO7/c1-11(13(3)26)7-8-15-9-16-17(10-31-15)19-18(23(29)30-6)21(12(2)14(4)27)32-24(19,5)22(28)20(16)25/h7-14,19,26-27H,1-6H3/b8-7+/t11-,12-,13-,14-,19?,24+/m1/s1. The maximum absolute atomic E-state index is 13.3. The highest BCUT2D eigenvalue weighted by atomic mass is 35.5. The van der Waals surface area contributed by atoms with Crippen molar-refractivity contribution in [2.45, 2.75) is 52.4 Å². The third kappa shape index (κ3) is 3.93. The van der Waals surface area contributed by atoms with Crippen molar-refractivity contribution in [1.29, 1.82) is 0 Å². The number of halogens is 1. The fourth-order valence-corrected chi connectivity index (χ4v) is 4.33. The molecule has 0 spiro atoms. The lowest BCUT2D eigenvalue weighted by molar-refractivity contribution is -0.137. The first-order chi connectivity index (χ1) is 14.9. The van der Waals surface area contributed by atoms with E-state index in [-0.39, 0.29) is 22.3 Å². The van der Waals surface area contributed by atoms with Crippen LogP contribution in [-0.4, -0.2) is 46.9 Å². The van der Waals surface area contributed by atoms with Crippen molar-refractivity contribution in [2.75, 3.05) is 7.11 Å². The molecule has 3 rings (SSSR count). The number of ether oxygens (including phenoxy) is 3. The first-order valence-electron chi connectivity index (χ1n) is 10.5. The summed E-state index contributed by atoms with van der Waals surface area (Å²) in [7, 11) is 1.25. The van der Waals surface area contributed by atoms with Gasteiger partial charge in [-0.05, 0) is 32.9 Å². The van der Waals surface area contributed by atoms with E-state index >= 15 is 0 Å². The van der Waals surface area contributed by atoms with Crippen molar-refractivity contribution < 1.29 is 34.0 Å². The molecular weight excluding hydrogens is 436 g/mol. The highest BCUT2D eigenvalue weighted by Crippen LogP contribution is 2.54. The lowest BCUT2D eigenvalue weighted by Gasteiger charge is -2.37.